The highest BCUT2D eigenvalue weighted by Crippen LogP contribution is 2.32. The van der Waals surface area contributed by atoms with Crippen LogP contribution < -0.4 is 5.56 Å². The molecule has 0 bridgehead atoms. The van der Waals surface area contributed by atoms with Crippen molar-refractivity contribution < 1.29 is 13.2 Å². The van der Waals surface area contributed by atoms with Crippen molar-refractivity contribution in [3.8, 4) is 0 Å². The summed E-state index contributed by atoms with van der Waals surface area (Å²) in [5, 5.41) is 5.39. The summed E-state index contributed by atoms with van der Waals surface area (Å²) >= 11 is 0. The topological polar surface area (TPSA) is 61.5 Å². The summed E-state index contributed by atoms with van der Waals surface area (Å²) in [5.41, 5.74) is -0.454. The van der Waals surface area contributed by atoms with Crippen LogP contribution in [0.3, 0.4) is 0 Å². The van der Waals surface area contributed by atoms with Crippen molar-refractivity contribution in [2.45, 2.75) is 6.18 Å². The van der Waals surface area contributed by atoms with Crippen molar-refractivity contribution in [3.05, 3.63) is 40.3 Å². The number of pyridine rings is 1. The molecule has 18 heavy (non-hydrogen) atoms. The zero-order valence-electron chi connectivity index (χ0n) is 8.80. The lowest BCUT2D eigenvalue weighted by molar-refractivity contribution is -0.137. The second-order valence-electron chi connectivity index (χ2n) is 3.86. The van der Waals surface area contributed by atoms with Gasteiger partial charge >= 0.3 is 6.18 Å². The molecule has 0 saturated heterocycles. The maximum absolute atomic E-state index is 12.6. The van der Waals surface area contributed by atoms with E-state index in [0.29, 0.717) is 11.0 Å². The Hall–Kier alpha value is -2.31. The first-order chi connectivity index (χ1) is 8.47. The van der Waals surface area contributed by atoms with E-state index in [9.17, 15) is 18.0 Å². The summed E-state index contributed by atoms with van der Waals surface area (Å²) in [5.74, 6) is 0. The van der Waals surface area contributed by atoms with Gasteiger partial charge in [-0.2, -0.15) is 13.2 Å². The van der Waals surface area contributed by atoms with Gasteiger partial charge in [-0.05, 0) is 18.2 Å². The van der Waals surface area contributed by atoms with Crippen LogP contribution in [-0.2, 0) is 6.18 Å². The lowest BCUT2D eigenvalue weighted by atomic mass is 10.1. The van der Waals surface area contributed by atoms with Gasteiger partial charge < -0.3 is 0 Å². The highest BCUT2D eigenvalue weighted by molar-refractivity contribution is 6.02. The van der Waals surface area contributed by atoms with Gasteiger partial charge in [0.15, 0.2) is 0 Å². The first-order valence-electron chi connectivity index (χ1n) is 5.03. The Labute approximate surface area is 97.4 Å². The molecule has 0 aliphatic heterocycles. The number of nitrogens with one attached hydrogen (secondary N) is 2. The Balaban J connectivity index is 2.44. The molecule has 0 fully saturated rings. The molecule has 3 aromatic rings. The van der Waals surface area contributed by atoms with Gasteiger partial charge in [0.1, 0.15) is 0 Å². The lowest BCUT2D eigenvalue weighted by Gasteiger charge is -2.07. The monoisotopic (exact) mass is 253 g/mol. The Morgan fingerprint density at radius 2 is 1.89 bits per heavy atom. The maximum atomic E-state index is 12.6. The number of hydrogen-bond donors (Lipinski definition) is 2. The average molecular weight is 253 g/mol. The lowest BCUT2D eigenvalue weighted by Crippen LogP contribution is -2.04. The van der Waals surface area contributed by atoms with Crippen molar-refractivity contribution in [1.29, 1.82) is 0 Å². The number of rotatable bonds is 0. The van der Waals surface area contributed by atoms with Crippen LogP contribution in [0.15, 0.2) is 29.2 Å². The van der Waals surface area contributed by atoms with Gasteiger partial charge in [-0.25, -0.2) is 0 Å². The van der Waals surface area contributed by atoms with E-state index in [1.165, 1.54) is 12.3 Å². The van der Waals surface area contributed by atoms with Crippen molar-refractivity contribution in [2.24, 2.45) is 0 Å². The minimum absolute atomic E-state index is 0.238. The van der Waals surface area contributed by atoms with Gasteiger partial charge in [-0.3, -0.25) is 20.0 Å². The highest BCUT2D eigenvalue weighted by atomic mass is 19.4. The van der Waals surface area contributed by atoms with Crippen LogP contribution in [0.2, 0.25) is 0 Å². The fraction of sp³-hybridized carbons (Fsp3) is 0.0909. The smallest absolute Gasteiger partial charge is 0.297 e. The quantitative estimate of drug-likeness (QED) is 0.646. The van der Waals surface area contributed by atoms with E-state index < -0.39 is 17.3 Å². The van der Waals surface area contributed by atoms with Gasteiger partial charge in [0.05, 0.1) is 22.0 Å². The Morgan fingerprint density at radius 1 is 1.11 bits per heavy atom. The molecule has 92 valence electrons. The molecule has 3 rings (SSSR count). The number of benzene rings is 1. The maximum Gasteiger partial charge on any atom is 0.416 e. The van der Waals surface area contributed by atoms with Crippen LogP contribution in [0.5, 0.6) is 0 Å². The molecule has 0 aliphatic rings. The summed E-state index contributed by atoms with van der Waals surface area (Å²) in [6.45, 7) is 0. The molecule has 2 heterocycles. The molecule has 0 spiro atoms. The molecule has 0 atom stereocenters. The number of fused-ring (bicyclic) bond motifs is 3. The van der Waals surface area contributed by atoms with Crippen LogP contribution in [0.25, 0.3) is 21.8 Å². The fourth-order valence-corrected chi connectivity index (χ4v) is 1.86. The minimum Gasteiger partial charge on any atom is -0.297 e. The molecule has 2 N–H and O–H groups in total. The van der Waals surface area contributed by atoms with Gasteiger partial charge in [-0.1, -0.05) is 0 Å². The standard InChI is InChI=1S/C11H6F3N3O/c12-11(13,14)5-1-2-8-6(3-5)9-7(4-15-8)10(18)17-16-9/h1-4H,(H2,16,17,18). The van der Waals surface area contributed by atoms with E-state index in [1.54, 1.807) is 0 Å². The van der Waals surface area contributed by atoms with Crippen molar-refractivity contribution in [1.82, 2.24) is 15.2 Å². The van der Waals surface area contributed by atoms with Gasteiger partial charge in [-0.15, -0.1) is 0 Å². The molecular formula is C11H6F3N3O. The molecule has 0 unspecified atom stereocenters. The second kappa shape index (κ2) is 3.34. The normalized spacial score (nSPS) is 12.4. The number of aromatic nitrogens is 3. The molecule has 1 aromatic carbocycles. The first kappa shape index (κ1) is 10.8. The van der Waals surface area contributed by atoms with E-state index in [1.807, 2.05) is 0 Å². The molecule has 2 aromatic heterocycles. The van der Waals surface area contributed by atoms with E-state index in [0.717, 1.165) is 12.1 Å². The second-order valence-corrected chi connectivity index (χ2v) is 3.86. The zero-order chi connectivity index (χ0) is 12.9. The van der Waals surface area contributed by atoms with Crippen LogP contribution in [0, 0.1) is 0 Å². The van der Waals surface area contributed by atoms with Crippen LogP contribution in [0.4, 0.5) is 13.2 Å². The van der Waals surface area contributed by atoms with E-state index in [2.05, 4.69) is 15.2 Å². The molecule has 0 aliphatic carbocycles. The van der Waals surface area contributed by atoms with E-state index in [4.69, 9.17) is 0 Å². The van der Waals surface area contributed by atoms with Gasteiger partial charge in [0.2, 0.25) is 0 Å². The molecule has 0 amide bonds. The summed E-state index contributed by atoms with van der Waals surface area (Å²) in [6.07, 6.45) is -3.09. The average Bonchev–Trinajstić information content (AvgIpc) is 2.70. The van der Waals surface area contributed by atoms with Crippen LogP contribution >= 0.6 is 0 Å². The third-order valence-corrected chi connectivity index (χ3v) is 2.74. The number of nitrogens with zero attached hydrogens (tertiary/aromatic N) is 1. The van der Waals surface area contributed by atoms with Crippen molar-refractivity contribution in [3.63, 3.8) is 0 Å². The van der Waals surface area contributed by atoms with E-state index in [-0.39, 0.29) is 10.8 Å². The van der Waals surface area contributed by atoms with Gasteiger partial charge in [0.25, 0.3) is 5.56 Å². The molecule has 0 saturated carbocycles. The number of aromatic amines is 2. The predicted octanol–water partition coefficient (Wildman–Crippen LogP) is 2.42. The van der Waals surface area contributed by atoms with Crippen molar-refractivity contribution in [2.75, 3.05) is 0 Å². The SMILES string of the molecule is O=c1[nH][nH]c2c1cnc1ccc(C(F)(F)F)cc12. The fourth-order valence-electron chi connectivity index (χ4n) is 1.86. The summed E-state index contributed by atoms with van der Waals surface area (Å²) < 4.78 is 37.9. The van der Waals surface area contributed by atoms with Crippen LogP contribution in [-0.4, -0.2) is 15.2 Å². The number of halogens is 3. The highest BCUT2D eigenvalue weighted by Gasteiger charge is 2.30. The Kier molecular flexibility index (Phi) is 2.01. The third-order valence-electron chi connectivity index (χ3n) is 2.74. The van der Waals surface area contributed by atoms with Crippen molar-refractivity contribution >= 4 is 21.8 Å². The minimum atomic E-state index is -4.42. The molecule has 7 heteroatoms. The largest absolute Gasteiger partial charge is 0.416 e. The molecule has 4 nitrogen and oxygen atoms in total. The summed E-state index contributed by atoms with van der Waals surface area (Å²) in [6, 6.07) is 3.23. The number of hydrogen-bond acceptors (Lipinski definition) is 2. The van der Waals surface area contributed by atoms with Crippen LogP contribution in [0.1, 0.15) is 5.56 Å². The Morgan fingerprint density at radius 3 is 2.61 bits per heavy atom. The Bertz CT molecular complexity index is 800. The summed E-state index contributed by atoms with van der Waals surface area (Å²) in [4.78, 5) is 15.3. The molecular weight excluding hydrogens is 247 g/mol. The molecule has 0 radical (unpaired) electrons. The third kappa shape index (κ3) is 1.47. The first-order valence-corrected chi connectivity index (χ1v) is 5.03. The van der Waals surface area contributed by atoms with E-state index >= 15 is 0 Å². The van der Waals surface area contributed by atoms with Gasteiger partial charge in [0, 0.05) is 11.6 Å². The number of alkyl halides is 3. The number of H-pyrrole nitrogens is 2. The predicted molar refractivity (Wildman–Crippen MR) is 59.2 cm³/mol. The zero-order valence-corrected chi connectivity index (χ0v) is 8.80. The summed E-state index contributed by atoms with van der Waals surface area (Å²) in [7, 11) is 0.